The van der Waals surface area contributed by atoms with Gasteiger partial charge in [-0.2, -0.15) is 0 Å². The number of hydrogen-bond donors (Lipinski definition) is 1. The summed E-state index contributed by atoms with van der Waals surface area (Å²) in [6.07, 6.45) is 4.16. The molecule has 1 aliphatic rings. The van der Waals surface area contributed by atoms with Gasteiger partial charge in [-0.1, -0.05) is 6.42 Å². The molecule has 0 aromatic carbocycles. The number of hydrogen-bond acceptors (Lipinski definition) is 3. The standard InChI is InChI=1S/C14H24N2O/c1-12-10-14(13(2)17-12)11-15-6-9-16-7-4-3-5-8-16/h10,15H,3-9,11H2,1-2H3. The smallest absolute Gasteiger partial charge is 0.105 e. The fraction of sp³-hybridized carbons (Fsp3) is 0.714. The Labute approximate surface area is 104 Å². The van der Waals surface area contributed by atoms with Crippen molar-refractivity contribution in [3.8, 4) is 0 Å². The Kier molecular flexibility index (Phi) is 4.63. The van der Waals surface area contributed by atoms with Crippen LogP contribution in [0.15, 0.2) is 10.5 Å². The van der Waals surface area contributed by atoms with Gasteiger partial charge in [0.15, 0.2) is 0 Å². The summed E-state index contributed by atoms with van der Waals surface area (Å²) in [7, 11) is 0. The van der Waals surface area contributed by atoms with Gasteiger partial charge in [0.05, 0.1) is 0 Å². The van der Waals surface area contributed by atoms with Crippen molar-refractivity contribution in [1.82, 2.24) is 10.2 Å². The lowest BCUT2D eigenvalue weighted by molar-refractivity contribution is 0.229. The number of nitrogens with zero attached hydrogens (tertiary/aromatic N) is 1. The number of likely N-dealkylation sites (tertiary alicyclic amines) is 1. The van der Waals surface area contributed by atoms with Crippen molar-refractivity contribution < 1.29 is 4.42 Å². The third-order valence-corrected chi connectivity index (χ3v) is 3.51. The highest BCUT2D eigenvalue weighted by molar-refractivity contribution is 5.19. The first-order valence-corrected chi connectivity index (χ1v) is 6.74. The Bertz CT molecular complexity index is 340. The van der Waals surface area contributed by atoms with Crippen LogP contribution in [0.2, 0.25) is 0 Å². The molecule has 3 heteroatoms. The molecule has 1 fully saturated rings. The van der Waals surface area contributed by atoms with E-state index in [1.807, 2.05) is 13.8 Å². The van der Waals surface area contributed by atoms with E-state index in [1.54, 1.807) is 0 Å². The number of piperidine rings is 1. The van der Waals surface area contributed by atoms with Gasteiger partial charge in [-0.25, -0.2) is 0 Å². The summed E-state index contributed by atoms with van der Waals surface area (Å²) in [5.74, 6) is 2.06. The minimum atomic E-state index is 0.928. The van der Waals surface area contributed by atoms with Gasteiger partial charge in [0.2, 0.25) is 0 Å². The fourth-order valence-electron chi connectivity index (χ4n) is 2.50. The largest absolute Gasteiger partial charge is 0.466 e. The van der Waals surface area contributed by atoms with Crippen molar-refractivity contribution in [3.05, 3.63) is 23.2 Å². The first kappa shape index (κ1) is 12.7. The van der Waals surface area contributed by atoms with Crippen LogP contribution in [0.1, 0.15) is 36.3 Å². The Balaban J connectivity index is 1.64. The molecule has 0 atom stereocenters. The molecular formula is C14H24N2O. The van der Waals surface area contributed by atoms with Crippen molar-refractivity contribution in [2.75, 3.05) is 26.2 Å². The predicted molar refractivity (Wildman–Crippen MR) is 70.2 cm³/mol. The summed E-state index contributed by atoms with van der Waals surface area (Å²) in [6, 6.07) is 2.13. The van der Waals surface area contributed by atoms with Crippen LogP contribution in [0.25, 0.3) is 0 Å². The van der Waals surface area contributed by atoms with Gasteiger partial charge >= 0.3 is 0 Å². The average Bonchev–Trinajstić information content (AvgIpc) is 2.65. The molecule has 1 saturated heterocycles. The van der Waals surface area contributed by atoms with Crippen LogP contribution in [0.5, 0.6) is 0 Å². The molecule has 0 amide bonds. The monoisotopic (exact) mass is 236 g/mol. The van der Waals surface area contributed by atoms with Crippen molar-refractivity contribution in [3.63, 3.8) is 0 Å². The molecule has 0 spiro atoms. The summed E-state index contributed by atoms with van der Waals surface area (Å²) >= 11 is 0. The normalized spacial score (nSPS) is 17.5. The molecule has 0 saturated carbocycles. The third-order valence-electron chi connectivity index (χ3n) is 3.51. The van der Waals surface area contributed by atoms with E-state index in [0.717, 1.165) is 24.6 Å². The van der Waals surface area contributed by atoms with E-state index in [-0.39, 0.29) is 0 Å². The Morgan fingerprint density at radius 3 is 2.65 bits per heavy atom. The lowest BCUT2D eigenvalue weighted by Crippen LogP contribution is -2.35. The quantitative estimate of drug-likeness (QED) is 0.796. The zero-order chi connectivity index (χ0) is 12.1. The molecule has 2 rings (SSSR count). The van der Waals surface area contributed by atoms with Crippen molar-refractivity contribution >= 4 is 0 Å². The summed E-state index contributed by atoms with van der Waals surface area (Å²) in [5.41, 5.74) is 1.29. The van der Waals surface area contributed by atoms with Gasteiger partial charge in [0.1, 0.15) is 11.5 Å². The fourth-order valence-corrected chi connectivity index (χ4v) is 2.50. The molecule has 96 valence electrons. The van der Waals surface area contributed by atoms with E-state index in [1.165, 1.54) is 44.5 Å². The first-order chi connectivity index (χ1) is 8.25. The first-order valence-electron chi connectivity index (χ1n) is 6.74. The highest BCUT2D eigenvalue weighted by atomic mass is 16.3. The van der Waals surface area contributed by atoms with E-state index < -0.39 is 0 Å². The van der Waals surface area contributed by atoms with Crippen LogP contribution >= 0.6 is 0 Å². The second kappa shape index (κ2) is 6.22. The maximum atomic E-state index is 5.51. The molecule has 1 N–H and O–H groups in total. The minimum absolute atomic E-state index is 0.928. The van der Waals surface area contributed by atoms with Crippen LogP contribution in [0.3, 0.4) is 0 Å². The summed E-state index contributed by atoms with van der Waals surface area (Å²) in [6.45, 7) is 9.78. The Hall–Kier alpha value is -0.800. The molecule has 2 heterocycles. The van der Waals surface area contributed by atoms with Crippen LogP contribution in [0, 0.1) is 13.8 Å². The number of nitrogens with one attached hydrogen (secondary N) is 1. The van der Waals surface area contributed by atoms with Gasteiger partial charge < -0.3 is 14.6 Å². The maximum absolute atomic E-state index is 5.51. The Morgan fingerprint density at radius 2 is 2.00 bits per heavy atom. The molecule has 1 aromatic rings. The van der Waals surface area contributed by atoms with Gasteiger partial charge in [0.25, 0.3) is 0 Å². The average molecular weight is 236 g/mol. The van der Waals surface area contributed by atoms with E-state index in [2.05, 4.69) is 16.3 Å². The second-order valence-electron chi connectivity index (χ2n) is 5.02. The molecule has 1 aromatic heterocycles. The van der Waals surface area contributed by atoms with Crippen LogP contribution in [0.4, 0.5) is 0 Å². The van der Waals surface area contributed by atoms with Crippen molar-refractivity contribution in [2.45, 2.75) is 39.7 Å². The highest BCUT2D eigenvalue weighted by Gasteiger charge is 2.09. The third kappa shape index (κ3) is 3.86. The van der Waals surface area contributed by atoms with Gasteiger partial charge in [-0.3, -0.25) is 0 Å². The van der Waals surface area contributed by atoms with Crippen LogP contribution in [-0.4, -0.2) is 31.1 Å². The second-order valence-corrected chi connectivity index (χ2v) is 5.02. The summed E-state index contributed by atoms with van der Waals surface area (Å²) < 4.78 is 5.51. The SMILES string of the molecule is Cc1cc(CNCCN2CCCCC2)c(C)o1. The van der Waals surface area contributed by atoms with Gasteiger partial charge in [-0.05, 0) is 45.8 Å². The zero-order valence-corrected chi connectivity index (χ0v) is 11.1. The molecule has 17 heavy (non-hydrogen) atoms. The molecule has 0 aliphatic carbocycles. The van der Waals surface area contributed by atoms with Crippen LogP contribution in [-0.2, 0) is 6.54 Å². The summed E-state index contributed by atoms with van der Waals surface area (Å²) in [4.78, 5) is 2.56. The molecule has 0 unspecified atom stereocenters. The Morgan fingerprint density at radius 1 is 1.24 bits per heavy atom. The van der Waals surface area contributed by atoms with Gasteiger partial charge in [0, 0.05) is 25.2 Å². The van der Waals surface area contributed by atoms with Crippen LogP contribution < -0.4 is 5.32 Å². The summed E-state index contributed by atoms with van der Waals surface area (Å²) in [5, 5.41) is 3.50. The lowest BCUT2D eigenvalue weighted by atomic mass is 10.1. The number of aryl methyl sites for hydroxylation is 2. The topological polar surface area (TPSA) is 28.4 Å². The van der Waals surface area contributed by atoms with Crippen molar-refractivity contribution in [2.24, 2.45) is 0 Å². The predicted octanol–water partition coefficient (Wildman–Crippen LogP) is 2.47. The highest BCUT2D eigenvalue weighted by Crippen LogP contribution is 2.13. The van der Waals surface area contributed by atoms with E-state index in [0.29, 0.717) is 0 Å². The number of rotatable bonds is 5. The molecule has 0 radical (unpaired) electrons. The number of furan rings is 1. The molecule has 0 bridgehead atoms. The van der Waals surface area contributed by atoms with Gasteiger partial charge in [-0.15, -0.1) is 0 Å². The van der Waals surface area contributed by atoms with E-state index in [4.69, 9.17) is 4.42 Å². The zero-order valence-electron chi connectivity index (χ0n) is 11.1. The molecule has 3 nitrogen and oxygen atoms in total. The molecule has 1 aliphatic heterocycles. The van der Waals surface area contributed by atoms with E-state index >= 15 is 0 Å². The minimum Gasteiger partial charge on any atom is -0.466 e. The van der Waals surface area contributed by atoms with Crippen molar-refractivity contribution in [1.29, 1.82) is 0 Å². The van der Waals surface area contributed by atoms with E-state index in [9.17, 15) is 0 Å². The molecular weight excluding hydrogens is 212 g/mol. The lowest BCUT2D eigenvalue weighted by Gasteiger charge is -2.26. The maximum Gasteiger partial charge on any atom is 0.105 e.